The van der Waals surface area contributed by atoms with Crippen LogP contribution in [0.3, 0.4) is 0 Å². The molecule has 5 rings (SSSR count). The normalized spacial score (nSPS) is 20.8. The number of rotatable bonds is 8. The number of hydrogen-bond acceptors (Lipinski definition) is 8. The number of hydrazine groups is 1. The predicted octanol–water partition coefficient (Wildman–Crippen LogP) is 3.31. The number of nitrogens with zero attached hydrogens (tertiary/aromatic N) is 3. The van der Waals surface area contributed by atoms with Gasteiger partial charge < -0.3 is 23.7 Å². The van der Waals surface area contributed by atoms with E-state index in [1.54, 1.807) is 14.2 Å². The third-order valence-corrected chi connectivity index (χ3v) is 9.30. The maximum absolute atomic E-state index is 14.1. The highest BCUT2D eigenvalue weighted by Gasteiger charge is 2.37. The fraction of sp³-hybridized carbons (Fsp3) is 0.483. The number of hydrogen-bond donors (Lipinski definition) is 1. The molecule has 2 aliphatic heterocycles. The molecule has 0 spiro atoms. The van der Waals surface area contributed by atoms with E-state index in [1.807, 2.05) is 30.3 Å². The van der Waals surface area contributed by atoms with E-state index in [1.165, 1.54) is 0 Å². The highest BCUT2D eigenvalue weighted by molar-refractivity contribution is 7.89. The summed E-state index contributed by atoms with van der Waals surface area (Å²) in [6, 6.07) is 6.89. The average molecular weight is 591 g/mol. The van der Waals surface area contributed by atoms with Crippen LogP contribution in [-0.4, -0.2) is 78.0 Å². The second kappa shape index (κ2) is 12.4. The molecule has 2 aromatic rings. The Bertz CT molecular complexity index is 1300. The van der Waals surface area contributed by atoms with Crippen molar-refractivity contribution in [1.82, 2.24) is 14.6 Å². The summed E-state index contributed by atoms with van der Waals surface area (Å²) in [5.74, 6) is -0.646. The minimum absolute atomic E-state index is 0.0191. The first-order valence-electron chi connectivity index (χ1n) is 13.8. The van der Waals surface area contributed by atoms with Crippen molar-refractivity contribution >= 4 is 23.0 Å². The third kappa shape index (κ3) is 6.25. The topological polar surface area (TPSA) is 89.6 Å². The maximum Gasteiger partial charge on any atom is 0.309 e. The first kappa shape index (κ1) is 29.4. The van der Waals surface area contributed by atoms with Crippen LogP contribution in [0.5, 0.6) is 11.5 Å². The lowest BCUT2D eigenvalue weighted by Crippen LogP contribution is -2.56. The van der Waals surface area contributed by atoms with E-state index in [9.17, 15) is 18.1 Å². The fourth-order valence-electron chi connectivity index (χ4n) is 5.53. The van der Waals surface area contributed by atoms with Crippen LogP contribution in [0.15, 0.2) is 41.8 Å². The summed E-state index contributed by atoms with van der Waals surface area (Å²) in [6.45, 7) is 6.36. The van der Waals surface area contributed by atoms with Crippen molar-refractivity contribution in [3.05, 3.63) is 64.5 Å². The van der Waals surface area contributed by atoms with Crippen molar-refractivity contribution in [1.29, 1.82) is 0 Å². The van der Waals surface area contributed by atoms with Gasteiger partial charge >= 0.3 is 5.91 Å². The number of methoxy groups -OCH3 is 2. The first-order chi connectivity index (χ1) is 19.7. The summed E-state index contributed by atoms with van der Waals surface area (Å²) in [4.78, 5) is 16.0. The lowest BCUT2D eigenvalue weighted by Gasteiger charge is -2.41. The van der Waals surface area contributed by atoms with Crippen molar-refractivity contribution in [2.24, 2.45) is 0 Å². The number of amides is 1. The van der Waals surface area contributed by atoms with E-state index >= 15 is 0 Å². The molecule has 2 aromatic carbocycles. The zero-order chi connectivity index (χ0) is 29.3. The van der Waals surface area contributed by atoms with Gasteiger partial charge in [-0.05, 0) is 62.1 Å². The summed E-state index contributed by atoms with van der Waals surface area (Å²) in [5.41, 5.74) is 5.94. The molecule has 2 unspecified atom stereocenters. The molecule has 1 fully saturated rings. The number of carbonyl (C=O) groups is 1. The Hall–Kier alpha value is -3.06. The van der Waals surface area contributed by atoms with E-state index in [-0.39, 0.29) is 29.3 Å². The highest BCUT2D eigenvalue weighted by atomic mass is 32.2. The summed E-state index contributed by atoms with van der Waals surface area (Å²) >= 11 is -1.08. The van der Waals surface area contributed by atoms with Gasteiger partial charge in [0.25, 0.3) is 0 Å². The van der Waals surface area contributed by atoms with E-state index < -0.39 is 28.9 Å². The quantitative estimate of drug-likeness (QED) is 0.469. The molecule has 1 aliphatic carbocycles. The van der Waals surface area contributed by atoms with Crippen molar-refractivity contribution < 1.29 is 32.3 Å². The van der Waals surface area contributed by atoms with E-state index in [2.05, 4.69) is 10.3 Å². The molecule has 0 bridgehead atoms. The maximum atomic E-state index is 14.1. The van der Waals surface area contributed by atoms with Gasteiger partial charge in [-0.15, -0.1) is 4.31 Å². The van der Waals surface area contributed by atoms with Crippen molar-refractivity contribution in [3.63, 3.8) is 0 Å². The highest BCUT2D eigenvalue weighted by Crippen LogP contribution is 2.36. The molecular weight excluding hydrogens is 554 g/mol. The lowest BCUT2D eigenvalue weighted by molar-refractivity contribution is -0.121. The number of fused-ring (bicyclic) bond motifs is 1. The van der Waals surface area contributed by atoms with Gasteiger partial charge in [0, 0.05) is 36.9 Å². The summed E-state index contributed by atoms with van der Waals surface area (Å²) in [7, 11) is 3.19. The van der Waals surface area contributed by atoms with Gasteiger partial charge in [-0.2, -0.15) is 0 Å². The summed E-state index contributed by atoms with van der Waals surface area (Å²) in [6.07, 6.45) is 1.67. The first-order valence-corrected chi connectivity index (χ1v) is 14.9. The minimum atomic E-state index is -1.08. The van der Waals surface area contributed by atoms with Gasteiger partial charge in [0.15, 0.2) is 11.5 Å². The number of halogens is 2. The molecule has 12 heteroatoms. The van der Waals surface area contributed by atoms with Crippen molar-refractivity contribution in [3.8, 4) is 11.5 Å². The number of carbonyl (C=O) groups excluding carboxylic acids is 1. The standard InChI is InChI=1S/C29H36F2N4O5S/c1-18(2)41(37)34-9-7-33(8-10-34)25-17-32-35(23-15-21(30)14-22(31)16-23)29(36)28(25)40-24-6-5-19-12-26(38-3)27(39-4)13-20(19)11-24/h12-16,18,24,32H,5-11,17H2,1-4H3. The average Bonchev–Trinajstić information content (AvgIpc) is 2.96. The summed E-state index contributed by atoms with van der Waals surface area (Å²) < 4.78 is 60.1. The number of ether oxygens (including phenoxy) is 3. The molecule has 1 amide bonds. The lowest BCUT2D eigenvalue weighted by atomic mass is 9.89. The van der Waals surface area contributed by atoms with Crippen molar-refractivity contribution in [2.75, 3.05) is 52.0 Å². The van der Waals surface area contributed by atoms with Crippen LogP contribution >= 0.6 is 0 Å². The van der Waals surface area contributed by atoms with Crippen LogP contribution in [0.2, 0.25) is 0 Å². The number of aryl methyl sites for hydroxylation is 1. The van der Waals surface area contributed by atoms with E-state index in [4.69, 9.17) is 14.2 Å². The van der Waals surface area contributed by atoms with Gasteiger partial charge in [-0.3, -0.25) is 4.79 Å². The van der Waals surface area contributed by atoms with Gasteiger partial charge in [0.1, 0.15) is 23.0 Å². The Balaban J connectivity index is 1.42. The molecule has 9 nitrogen and oxygen atoms in total. The van der Waals surface area contributed by atoms with Gasteiger partial charge in [0.05, 0.1) is 45.2 Å². The smallest absolute Gasteiger partial charge is 0.309 e. The molecule has 1 saturated heterocycles. The largest absolute Gasteiger partial charge is 0.598 e. The number of nitrogens with one attached hydrogen (secondary N) is 1. The van der Waals surface area contributed by atoms with Crippen LogP contribution in [0.25, 0.3) is 0 Å². The Kier molecular flexibility index (Phi) is 8.93. The Morgan fingerprint density at radius 1 is 0.976 bits per heavy atom. The van der Waals surface area contributed by atoms with Gasteiger partial charge in [0.2, 0.25) is 5.76 Å². The third-order valence-electron chi connectivity index (χ3n) is 7.62. The second-order valence-electron chi connectivity index (χ2n) is 10.6. The molecule has 2 heterocycles. The monoisotopic (exact) mass is 590 g/mol. The van der Waals surface area contributed by atoms with E-state index in [0.29, 0.717) is 56.2 Å². The molecule has 0 radical (unpaired) electrons. The molecule has 0 saturated carbocycles. The Morgan fingerprint density at radius 2 is 1.61 bits per heavy atom. The van der Waals surface area contributed by atoms with E-state index in [0.717, 1.165) is 40.8 Å². The number of benzene rings is 2. The zero-order valence-corrected chi connectivity index (χ0v) is 24.6. The van der Waals surface area contributed by atoms with Crippen LogP contribution in [0, 0.1) is 11.6 Å². The van der Waals surface area contributed by atoms with Crippen LogP contribution in [0.4, 0.5) is 14.5 Å². The van der Waals surface area contributed by atoms with Crippen LogP contribution in [0.1, 0.15) is 31.4 Å². The Labute approximate surface area is 242 Å². The number of piperazine rings is 1. The molecule has 1 N–H and O–H groups in total. The molecule has 41 heavy (non-hydrogen) atoms. The van der Waals surface area contributed by atoms with Gasteiger partial charge in [-0.1, -0.05) is 0 Å². The van der Waals surface area contributed by atoms with Gasteiger partial charge in [-0.25, -0.2) is 19.2 Å². The fourth-order valence-corrected chi connectivity index (χ4v) is 6.65. The SMILES string of the molecule is COc1cc2c(cc1OC)CC(OC1=C(N3CCN([S+]([O-])C(C)C)CC3)CNN(c3cc(F)cc(F)c3)C1=O)CC2. The number of anilines is 1. The second-order valence-corrected chi connectivity index (χ2v) is 12.6. The van der Waals surface area contributed by atoms with Crippen molar-refractivity contribution in [2.45, 2.75) is 44.5 Å². The molecular formula is C29H36F2N4O5S. The molecule has 3 aliphatic rings. The summed E-state index contributed by atoms with van der Waals surface area (Å²) in [5, 5.41) is 1.16. The molecule has 2 atom stereocenters. The molecule has 222 valence electrons. The predicted molar refractivity (Wildman–Crippen MR) is 152 cm³/mol. The van der Waals surface area contributed by atoms with Crippen LogP contribution in [-0.2, 0) is 33.7 Å². The zero-order valence-electron chi connectivity index (χ0n) is 23.7. The molecule has 0 aromatic heterocycles. The Morgan fingerprint density at radius 3 is 2.22 bits per heavy atom. The van der Waals surface area contributed by atoms with Crippen LogP contribution < -0.4 is 19.9 Å². The minimum Gasteiger partial charge on any atom is -0.598 e.